The fourth-order valence-corrected chi connectivity index (χ4v) is 2.82. The van der Waals surface area contributed by atoms with Crippen molar-refractivity contribution >= 4 is 18.3 Å². The van der Waals surface area contributed by atoms with E-state index < -0.39 is 5.54 Å². The Balaban J connectivity index is 0.00000242. The van der Waals surface area contributed by atoms with Crippen LogP contribution in [0.25, 0.3) is 0 Å². The van der Waals surface area contributed by atoms with Crippen LogP contribution in [0.15, 0.2) is 24.3 Å². The van der Waals surface area contributed by atoms with Crippen LogP contribution in [0, 0.1) is 0 Å². The van der Waals surface area contributed by atoms with Crippen molar-refractivity contribution in [1.82, 2.24) is 5.32 Å². The molecule has 0 radical (unpaired) electrons. The first kappa shape index (κ1) is 18.8. The van der Waals surface area contributed by atoms with Gasteiger partial charge in [-0.25, -0.2) is 0 Å². The lowest BCUT2D eigenvalue weighted by Crippen LogP contribution is -2.52. The van der Waals surface area contributed by atoms with Crippen LogP contribution in [0.4, 0.5) is 0 Å². The summed E-state index contributed by atoms with van der Waals surface area (Å²) in [6.45, 7) is 5.24. The average Bonchev–Trinajstić information content (AvgIpc) is 2.92. The Morgan fingerprint density at radius 1 is 1.32 bits per heavy atom. The summed E-state index contributed by atoms with van der Waals surface area (Å²) < 4.78 is 5.79. The lowest BCUT2D eigenvalue weighted by Gasteiger charge is -2.22. The molecule has 3 N–H and O–H groups in total. The third-order valence-electron chi connectivity index (χ3n) is 4.13. The highest BCUT2D eigenvalue weighted by Crippen LogP contribution is 2.27. The van der Waals surface area contributed by atoms with Gasteiger partial charge in [0.1, 0.15) is 12.4 Å². The van der Waals surface area contributed by atoms with Crippen molar-refractivity contribution in [3.05, 3.63) is 29.8 Å². The maximum absolute atomic E-state index is 12.1. The molecule has 0 spiro atoms. The van der Waals surface area contributed by atoms with Gasteiger partial charge in [0, 0.05) is 0 Å². The number of hydrogen-bond acceptors (Lipinski definition) is 3. The summed E-state index contributed by atoms with van der Waals surface area (Å²) in [5, 5.41) is 2.90. The van der Waals surface area contributed by atoms with Crippen LogP contribution in [0.1, 0.15) is 51.0 Å². The van der Waals surface area contributed by atoms with Crippen molar-refractivity contribution in [2.45, 2.75) is 51.0 Å². The first-order valence-electron chi connectivity index (χ1n) is 7.82. The van der Waals surface area contributed by atoms with Crippen molar-refractivity contribution in [1.29, 1.82) is 0 Å². The van der Waals surface area contributed by atoms with Crippen molar-refractivity contribution < 1.29 is 9.53 Å². The highest BCUT2D eigenvalue weighted by atomic mass is 35.5. The molecule has 1 aliphatic carbocycles. The Morgan fingerprint density at radius 3 is 2.59 bits per heavy atom. The molecule has 124 valence electrons. The van der Waals surface area contributed by atoms with Crippen molar-refractivity contribution in [3.8, 4) is 5.75 Å². The zero-order chi connectivity index (χ0) is 15.3. The van der Waals surface area contributed by atoms with E-state index in [4.69, 9.17) is 10.5 Å². The molecule has 1 amide bonds. The van der Waals surface area contributed by atoms with Gasteiger partial charge in [0.15, 0.2) is 0 Å². The number of nitrogens with one attached hydrogen (secondary N) is 1. The Hall–Kier alpha value is -1.26. The lowest BCUT2D eigenvalue weighted by atomic mass is 9.98. The molecular formula is C17H27ClN2O2. The minimum Gasteiger partial charge on any atom is -0.491 e. The molecule has 0 saturated heterocycles. The molecule has 0 unspecified atom stereocenters. The molecule has 0 aliphatic heterocycles. The second kappa shape index (κ2) is 8.39. The Morgan fingerprint density at radius 2 is 1.95 bits per heavy atom. The number of nitrogens with two attached hydrogens (primary N) is 1. The van der Waals surface area contributed by atoms with E-state index >= 15 is 0 Å². The van der Waals surface area contributed by atoms with E-state index in [2.05, 4.69) is 25.2 Å². The van der Waals surface area contributed by atoms with Gasteiger partial charge in [-0.3, -0.25) is 4.79 Å². The third-order valence-corrected chi connectivity index (χ3v) is 4.13. The van der Waals surface area contributed by atoms with Gasteiger partial charge in [-0.15, -0.1) is 12.4 Å². The first-order chi connectivity index (χ1) is 10.0. The van der Waals surface area contributed by atoms with E-state index in [0.29, 0.717) is 19.1 Å². The van der Waals surface area contributed by atoms with E-state index in [1.165, 1.54) is 5.56 Å². The van der Waals surface area contributed by atoms with Gasteiger partial charge in [-0.2, -0.15) is 0 Å². The molecule has 0 bridgehead atoms. The predicted molar refractivity (Wildman–Crippen MR) is 91.7 cm³/mol. The number of para-hydroxylation sites is 1. The van der Waals surface area contributed by atoms with E-state index in [9.17, 15) is 4.79 Å². The van der Waals surface area contributed by atoms with E-state index in [0.717, 1.165) is 31.4 Å². The quantitative estimate of drug-likeness (QED) is 0.790. The molecule has 1 fully saturated rings. The Bertz CT molecular complexity index is 485. The van der Waals surface area contributed by atoms with Crippen LogP contribution < -0.4 is 15.8 Å². The van der Waals surface area contributed by atoms with Crippen molar-refractivity contribution in [3.63, 3.8) is 0 Å². The number of halogens is 1. The monoisotopic (exact) mass is 326 g/mol. The normalized spacial score (nSPS) is 16.2. The molecule has 1 aliphatic rings. The van der Waals surface area contributed by atoms with Gasteiger partial charge < -0.3 is 15.8 Å². The van der Waals surface area contributed by atoms with Gasteiger partial charge >= 0.3 is 0 Å². The van der Waals surface area contributed by atoms with Gasteiger partial charge in [0.25, 0.3) is 0 Å². The second-order valence-corrected chi connectivity index (χ2v) is 6.16. The van der Waals surface area contributed by atoms with Crippen LogP contribution >= 0.6 is 12.4 Å². The summed E-state index contributed by atoms with van der Waals surface area (Å²) in [4.78, 5) is 12.1. The van der Waals surface area contributed by atoms with Crippen LogP contribution in [0.5, 0.6) is 5.75 Å². The summed E-state index contributed by atoms with van der Waals surface area (Å²) in [5.74, 6) is 1.27. The predicted octanol–water partition coefficient (Wildman–Crippen LogP) is 3.00. The largest absolute Gasteiger partial charge is 0.491 e. The standard InChI is InChI=1S/C17H26N2O2.ClH/c1-13(2)14-7-3-4-8-15(14)21-12-11-19-16(20)17(18)9-5-6-10-17;/h3-4,7-8,13H,5-6,9-12,18H2,1-2H3,(H,19,20);1H. The van der Waals surface area contributed by atoms with Gasteiger partial charge in [0.05, 0.1) is 12.1 Å². The van der Waals surface area contributed by atoms with Crippen molar-refractivity contribution in [2.24, 2.45) is 5.73 Å². The molecule has 0 heterocycles. The second-order valence-electron chi connectivity index (χ2n) is 6.16. The maximum Gasteiger partial charge on any atom is 0.240 e. The molecule has 4 nitrogen and oxygen atoms in total. The fraction of sp³-hybridized carbons (Fsp3) is 0.588. The molecule has 0 aromatic heterocycles. The smallest absolute Gasteiger partial charge is 0.240 e. The van der Waals surface area contributed by atoms with Gasteiger partial charge in [0.2, 0.25) is 5.91 Å². The summed E-state index contributed by atoms with van der Waals surface area (Å²) in [7, 11) is 0. The van der Waals surface area contributed by atoms with Crippen LogP contribution in [-0.2, 0) is 4.79 Å². The number of ether oxygens (including phenoxy) is 1. The minimum atomic E-state index is -0.657. The summed E-state index contributed by atoms with van der Waals surface area (Å²) in [6.07, 6.45) is 3.66. The average molecular weight is 327 g/mol. The topological polar surface area (TPSA) is 64.3 Å². The number of carbonyl (C=O) groups is 1. The van der Waals surface area contributed by atoms with Gasteiger partial charge in [-0.05, 0) is 30.4 Å². The SMILES string of the molecule is CC(C)c1ccccc1OCCNC(=O)C1(N)CCCC1.Cl. The van der Waals surface area contributed by atoms with E-state index in [-0.39, 0.29) is 18.3 Å². The lowest BCUT2D eigenvalue weighted by molar-refractivity contribution is -0.126. The van der Waals surface area contributed by atoms with Crippen LogP contribution in [-0.4, -0.2) is 24.6 Å². The number of rotatable bonds is 6. The number of carbonyl (C=O) groups excluding carboxylic acids is 1. The zero-order valence-electron chi connectivity index (χ0n) is 13.4. The maximum atomic E-state index is 12.1. The molecule has 1 saturated carbocycles. The minimum absolute atomic E-state index is 0. The third kappa shape index (κ3) is 4.62. The number of benzene rings is 1. The van der Waals surface area contributed by atoms with Gasteiger partial charge in [-0.1, -0.05) is 44.9 Å². The molecule has 2 rings (SSSR count). The molecule has 5 heteroatoms. The van der Waals surface area contributed by atoms with Crippen LogP contribution in [0.3, 0.4) is 0 Å². The first-order valence-corrected chi connectivity index (χ1v) is 7.82. The fourth-order valence-electron chi connectivity index (χ4n) is 2.82. The highest BCUT2D eigenvalue weighted by molar-refractivity contribution is 5.86. The molecule has 1 aromatic rings. The number of hydrogen-bond donors (Lipinski definition) is 2. The zero-order valence-corrected chi connectivity index (χ0v) is 14.2. The van der Waals surface area contributed by atoms with E-state index in [1.807, 2.05) is 18.2 Å². The molecule has 0 atom stereocenters. The molecular weight excluding hydrogens is 300 g/mol. The summed E-state index contributed by atoms with van der Waals surface area (Å²) >= 11 is 0. The Labute approximate surface area is 139 Å². The summed E-state index contributed by atoms with van der Waals surface area (Å²) in [6, 6.07) is 8.03. The molecule has 1 aromatic carbocycles. The highest BCUT2D eigenvalue weighted by Gasteiger charge is 2.36. The van der Waals surface area contributed by atoms with Crippen LogP contribution in [0.2, 0.25) is 0 Å². The Kier molecular flexibility index (Phi) is 7.17. The van der Waals surface area contributed by atoms with E-state index in [1.54, 1.807) is 0 Å². The number of amides is 1. The molecule has 22 heavy (non-hydrogen) atoms. The van der Waals surface area contributed by atoms with Crippen molar-refractivity contribution in [2.75, 3.05) is 13.2 Å². The summed E-state index contributed by atoms with van der Waals surface area (Å²) in [5.41, 5.74) is 6.64.